The van der Waals surface area contributed by atoms with E-state index < -0.39 is 24.1 Å². The third-order valence-corrected chi connectivity index (χ3v) is 3.78. The van der Waals surface area contributed by atoms with Gasteiger partial charge in [-0.1, -0.05) is 0 Å². The van der Waals surface area contributed by atoms with E-state index in [9.17, 15) is 19.8 Å². The second-order valence-electron chi connectivity index (χ2n) is 6.32. The van der Waals surface area contributed by atoms with E-state index in [1.165, 1.54) is 0 Å². The van der Waals surface area contributed by atoms with Crippen LogP contribution in [0.4, 0.5) is 0 Å². The topological polar surface area (TPSA) is 134 Å². The van der Waals surface area contributed by atoms with Crippen molar-refractivity contribution in [2.75, 3.05) is 26.4 Å². The summed E-state index contributed by atoms with van der Waals surface area (Å²) in [5.41, 5.74) is 0. The summed E-state index contributed by atoms with van der Waals surface area (Å²) in [5.74, 6) is -0.835. The van der Waals surface area contributed by atoms with Gasteiger partial charge < -0.3 is 29.9 Å². The van der Waals surface area contributed by atoms with Crippen LogP contribution in [0.25, 0.3) is 0 Å². The predicted molar refractivity (Wildman–Crippen MR) is 94.3 cm³/mol. The average Bonchev–Trinajstić information content (AvgIpc) is 2.62. The third kappa shape index (κ3) is 16.3. The molecule has 0 aliphatic heterocycles. The van der Waals surface area contributed by atoms with Gasteiger partial charge in [0.2, 0.25) is 0 Å². The summed E-state index contributed by atoms with van der Waals surface area (Å²) in [4.78, 5) is 23.0. The van der Waals surface area contributed by atoms with Gasteiger partial charge in [0.15, 0.2) is 0 Å². The summed E-state index contributed by atoms with van der Waals surface area (Å²) < 4.78 is 9.90. The molecule has 0 aromatic carbocycles. The molecular formula is C18H34O8. The first kappa shape index (κ1) is 24.8. The maximum atomic E-state index is 11.5. The van der Waals surface area contributed by atoms with E-state index in [2.05, 4.69) is 0 Å². The Morgan fingerprint density at radius 2 is 1.04 bits per heavy atom. The Kier molecular flexibility index (Phi) is 16.4. The van der Waals surface area contributed by atoms with Crippen LogP contribution >= 0.6 is 0 Å². The van der Waals surface area contributed by atoms with Gasteiger partial charge in [0.1, 0.15) is 13.2 Å². The van der Waals surface area contributed by atoms with Crippen LogP contribution in [0, 0.1) is 0 Å². The normalized spacial score (nSPS) is 13.2. The van der Waals surface area contributed by atoms with Crippen molar-refractivity contribution in [3.8, 4) is 0 Å². The van der Waals surface area contributed by atoms with Crippen LogP contribution in [0.3, 0.4) is 0 Å². The molecule has 0 rings (SSSR count). The van der Waals surface area contributed by atoms with Crippen LogP contribution in [-0.4, -0.2) is 71.0 Å². The highest BCUT2D eigenvalue weighted by Crippen LogP contribution is 2.06. The summed E-state index contributed by atoms with van der Waals surface area (Å²) in [6, 6.07) is 0. The first-order chi connectivity index (χ1) is 12.5. The van der Waals surface area contributed by atoms with E-state index in [-0.39, 0.29) is 39.3 Å². The summed E-state index contributed by atoms with van der Waals surface area (Å²) in [6.07, 6.45) is 3.38. The van der Waals surface area contributed by atoms with E-state index in [1.54, 1.807) is 0 Å². The summed E-state index contributed by atoms with van der Waals surface area (Å²) in [6.45, 7) is 0.0518. The Balaban J connectivity index is 3.56. The maximum absolute atomic E-state index is 11.5. The minimum atomic E-state index is -0.718. The number of hydrogen-bond acceptors (Lipinski definition) is 8. The molecule has 0 bridgehead atoms. The SMILES string of the molecule is O=C(CCCCC(=O)OCC(O)CCCCO)OCC(O)CCCCO. The molecule has 0 saturated carbocycles. The smallest absolute Gasteiger partial charge is 0.305 e. The average molecular weight is 378 g/mol. The van der Waals surface area contributed by atoms with Crippen LogP contribution < -0.4 is 0 Å². The standard InChI is InChI=1S/C18H34O8/c19-11-5-3-7-15(21)13-25-17(23)9-1-2-10-18(24)26-14-16(22)8-4-6-12-20/h15-16,19-22H,1-14H2. The van der Waals surface area contributed by atoms with Gasteiger partial charge in [0.05, 0.1) is 12.2 Å². The third-order valence-electron chi connectivity index (χ3n) is 3.78. The molecule has 0 aromatic rings. The number of carbonyl (C=O) groups excluding carboxylic acids is 2. The Morgan fingerprint density at radius 3 is 1.38 bits per heavy atom. The van der Waals surface area contributed by atoms with Gasteiger partial charge in [0, 0.05) is 26.1 Å². The highest BCUT2D eigenvalue weighted by molar-refractivity contribution is 5.70. The number of unbranched alkanes of at least 4 members (excludes halogenated alkanes) is 3. The number of rotatable bonds is 17. The van der Waals surface area contributed by atoms with Gasteiger partial charge >= 0.3 is 11.9 Å². The fourth-order valence-corrected chi connectivity index (χ4v) is 2.21. The largest absolute Gasteiger partial charge is 0.463 e. The van der Waals surface area contributed by atoms with Crippen LogP contribution in [-0.2, 0) is 19.1 Å². The van der Waals surface area contributed by atoms with Gasteiger partial charge in [-0.25, -0.2) is 0 Å². The zero-order valence-corrected chi connectivity index (χ0v) is 15.5. The van der Waals surface area contributed by atoms with E-state index >= 15 is 0 Å². The van der Waals surface area contributed by atoms with Gasteiger partial charge in [-0.05, 0) is 51.4 Å². The van der Waals surface area contributed by atoms with Crippen molar-refractivity contribution >= 4 is 11.9 Å². The maximum Gasteiger partial charge on any atom is 0.305 e. The molecule has 4 N–H and O–H groups in total. The Morgan fingerprint density at radius 1 is 0.654 bits per heavy atom. The van der Waals surface area contributed by atoms with Crippen molar-refractivity contribution in [2.45, 2.75) is 76.4 Å². The van der Waals surface area contributed by atoms with Crippen molar-refractivity contribution in [3.05, 3.63) is 0 Å². The molecule has 2 unspecified atom stereocenters. The lowest BCUT2D eigenvalue weighted by Gasteiger charge is -2.11. The minimum Gasteiger partial charge on any atom is -0.463 e. The monoisotopic (exact) mass is 378 g/mol. The molecule has 2 atom stereocenters. The first-order valence-electron chi connectivity index (χ1n) is 9.38. The van der Waals surface area contributed by atoms with Crippen molar-refractivity contribution in [1.82, 2.24) is 0 Å². The molecule has 8 heteroatoms. The fraction of sp³-hybridized carbons (Fsp3) is 0.889. The molecular weight excluding hydrogens is 344 g/mol. The number of carbonyl (C=O) groups is 2. The highest BCUT2D eigenvalue weighted by Gasteiger charge is 2.11. The molecule has 0 fully saturated rings. The molecule has 0 amide bonds. The number of aliphatic hydroxyl groups excluding tert-OH is 4. The lowest BCUT2D eigenvalue weighted by atomic mass is 10.1. The van der Waals surface area contributed by atoms with Gasteiger partial charge in [-0.2, -0.15) is 0 Å². The fourth-order valence-electron chi connectivity index (χ4n) is 2.21. The predicted octanol–water partition coefficient (Wildman–Crippen LogP) is 0.680. The molecule has 0 radical (unpaired) electrons. The van der Waals surface area contributed by atoms with Crippen molar-refractivity contribution in [1.29, 1.82) is 0 Å². The van der Waals surface area contributed by atoms with E-state index in [1.807, 2.05) is 0 Å². The number of esters is 2. The summed E-state index contributed by atoms with van der Waals surface area (Å²) in [7, 11) is 0. The van der Waals surface area contributed by atoms with Crippen LogP contribution in [0.2, 0.25) is 0 Å². The molecule has 154 valence electrons. The summed E-state index contributed by atoms with van der Waals surface area (Å²) in [5, 5.41) is 36.5. The lowest BCUT2D eigenvalue weighted by Crippen LogP contribution is -2.19. The second-order valence-corrected chi connectivity index (χ2v) is 6.32. The molecule has 8 nitrogen and oxygen atoms in total. The molecule has 0 spiro atoms. The Bertz CT molecular complexity index is 327. The highest BCUT2D eigenvalue weighted by atomic mass is 16.5. The Labute approximate surface area is 155 Å². The Hall–Kier alpha value is -1.22. The second kappa shape index (κ2) is 17.2. The molecule has 0 aliphatic carbocycles. The number of hydrogen-bond donors (Lipinski definition) is 4. The summed E-state index contributed by atoms with van der Waals surface area (Å²) >= 11 is 0. The zero-order chi connectivity index (χ0) is 19.6. The van der Waals surface area contributed by atoms with Crippen LogP contribution in [0.15, 0.2) is 0 Å². The molecule has 0 aliphatic rings. The van der Waals surface area contributed by atoms with Crippen molar-refractivity contribution in [2.24, 2.45) is 0 Å². The molecule has 0 aromatic heterocycles. The number of aliphatic hydroxyl groups is 4. The van der Waals surface area contributed by atoms with Crippen molar-refractivity contribution < 1.29 is 39.5 Å². The van der Waals surface area contributed by atoms with Gasteiger partial charge in [0.25, 0.3) is 0 Å². The first-order valence-corrected chi connectivity index (χ1v) is 9.38. The van der Waals surface area contributed by atoms with E-state index in [4.69, 9.17) is 19.7 Å². The molecule has 0 saturated heterocycles. The molecule has 0 heterocycles. The molecule has 26 heavy (non-hydrogen) atoms. The van der Waals surface area contributed by atoms with Gasteiger partial charge in [-0.3, -0.25) is 9.59 Å². The van der Waals surface area contributed by atoms with E-state index in [0.717, 1.165) is 0 Å². The van der Waals surface area contributed by atoms with Crippen molar-refractivity contribution in [3.63, 3.8) is 0 Å². The van der Waals surface area contributed by atoms with Crippen LogP contribution in [0.5, 0.6) is 0 Å². The van der Waals surface area contributed by atoms with E-state index in [0.29, 0.717) is 51.4 Å². The zero-order valence-electron chi connectivity index (χ0n) is 15.5. The lowest BCUT2D eigenvalue weighted by molar-refractivity contribution is -0.148. The van der Waals surface area contributed by atoms with Crippen LogP contribution in [0.1, 0.15) is 64.2 Å². The number of ether oxygens (including phenoxy) is 2. The minimum absolute atomic E-state index is 0.0551. The van der Waals surface area contributed by atoms with Gasteiger partial charge in [-0.15, -0.1) is 0 Å². The quantitative estimate of drug-likeness (QED) is 0.214.